The van der Waals surface area contributed by atoms with Gasteiger partial charge in [-0.3, -0.25) is 4.79 Å². The van der Waals surface area contributed by atoms with Crippen molar-refractivity contribution in [3.05, 3.63) is 59.9 Å². The molecule has 0 saturated heterocycles. The molecule has 0 radical (unpaired) electrons. The number of unbranched alkanes of at least 4 members (excludes halogenated alkanes) is 2. The van der Waals surface area contributed by atoms with Crippen molar-refractivity contribution >= 4 is 16.9 Å². The van der Waals surface area contributed by atoms with Crippen molar-refractivity contribution in [1.29, 1.82) is 0 Å². The lowest BCUT2D eigenvalue weighted by Gasteiger charge is -2.11. The zero-order valence-corrected chi connectivity index (χ0v) is 18.2. The first kappa shape index (κ1) is 21.9. The van der Waals surface area contributed by atoms with Crippen molar-refractivity contribution in [2.75, 3.05) is 13.2 Å². The summed E-state index contributed by atoms with van der Waals surface area (Å²) in [6.45, 7) is 6.31. The Labute approximate surface area is 179 Å². The molecule has 1 amide bonds. The third-order valence-electron chi connectivity index (χ3n) is 5.27. The summed E-state index contributed by atoms with van der Waals surface area (Å²) in [4.78, 5) is 16.2. The van der Waals surface area contributed by atoms with Crippen LogP contribution < -0.4 is 10.1 Å². The zero-order chi connectivity index (χ0) is 21.2. The second kappa shape index (κ2) is 11.4. The summed E-state index contributed by atoms with van der Waals surface area (Å²) < 4.78 is 8.24. The number of amides is 1. The van der Waals surface area contributed by atoms with Crippen LogP contribution >= 0.6 is 0 Å². The van der Waals surface area contributed by atoms with Crippen LogP contribution in [0.2, 0.25) is 0 Å². The van der Waals surface area contributed by atoms with Crippen molar-refractivity contribution < 1.29 is 9.53 Å². The molecule has 5 nitrogen and oxygen atoms in total. The molecule has 1 heterocycles. The Morgan fingerprint density at radius 2 is 1.83 bits per heavy atom. The smallest absolute Gasteiger partial charge is 0.219 e. The van der Waals surface area contributed by atoms with Crippen molar-refractivity contribution in [2.24, 2.45) is 0 Å². The summed E-state index contributed by atoms with van der Waals surface area (Å²) in [6, 6.07) is 16.5. The van der Waals surface area contributed by atoms with Gasteiger partial charge in [0.25, 0.3) is 0 Å². The summed E-state index contributed by atoms with van der Waals surface area (Å²) in [5.74, 6) is 2.19. The fourth-order valence-electron chi connectivity index (χ4n) is 3.55. The highest BCUT2D eigenvalue weighted by molar-refractivity contribution is 5.76. The Morgan fingerprint density at radius 3 is 2.63 bits per heavy atom. The Kier molecular flexibility index (Phi) is 8.30. The van der Waals surface area contributed by atoms with Gasteiger partial charge in [0.05, 0.1) is 17.6 Å². The third-order valence-corrected chi connectivity index (χ3v) is 5.27. The number of carbonyl (C=O) groups excluding carboxylic acids is 1. The molecule has 0 atom stereocenters. The number of fused-ring (bicyclic) bond motifs is 1. The van der Waals surface area contributed by atoms with E-state index in [1.807, 2.05) is 25.1 Å². The molecule has 0 unspecified atom stereocenters. The SMILES string of the molecule is CCC(=O)NCCCCCc1nc2ccccc2n1CCCOc1ccc(C)cc1. The maximum absolute atomic E-state index is 11.3. The number of hydrogen-bond acceptors (Lipinski definition) is 3. The first-order chi connectivity index (χ1) is 14.7. The van der Waals surface area contributed by atoms with Gasteiger partial charge in [0.1, 0.15) is 11.6 Å². The van der Waals surface area contributed by atoms with Crippen molar-refractivity contribution in [3.8, 4) is 5.75 Å². The predicted octanol–water partition coefficient (Wildman–Crippen LogP) is 5.05. The van der Waals surface area contributed by atoms with Crippen LogP contribution in [0.5, 0.6) is 5.75 Å². The molecule has 0 fully saturated rings. The van der Waals surface area contributed by atoms with Gasteiger partial charge in [0, 0.05) is 25.9 Å². The van der Waals surface area contributed by atoms with Crippen LogP contribution in [0.3, 0.4) is 0 Å². The number of ether oxygens (including phenoxy) is 1. The van der Waals surface area contributed by atoms with E-state index < -0.39 is 0 Å². The highest BCUT2D eigenvalue weighted by Crippen LogP contribution is 2.19. The molecule has 30 heavy (non-hydrogen) atoms. The molecule has 160 valence electrons. The largest absolute Gasteiger partial charge is 0.494 e. The first-order valence-electron chi connectivity index (χ1n) is 11.1. The number of aromatic nitrogens is 2. The number of imidazole rings is 1. The number of aryl methyl sites for hydroxylation is 3. The molecule has 0 saturated carbocycles. The zero-order valence-electron chi connectivity index (χ0n) is 18.2. The number of para-hydroxylation sites is 2. The van der Waals surface area contributed by atoms with Crippen molar-refractivity contribution in [3.63, 3.8) is 0 Å². The minimum atomic E-state index is 0.129. The number of hydrogen-bond donors (Lipinski definition) is 1. The average molecular weight is 408 g/mol. The molecule has 2 aromatic carbocycles. The quantitative estimate of drug-likeness (QED) is 0.427. The molecule has 1 aromatic heterocycles. The molecule has 0 aliphatic rings. The van der Waals surface area contributed by atoms with E-state index in [4.69, 9.17) is 9.72 Å². The second-order valence-corrected chi connectivity index (χ2v) is 7.70. The normalized spacial score (nSPS) is 11.0. The van der Waals surface area contributed by atoms with Crippen LogP contribution in [0.25, 0.3) is 11.0 Å². The molecule has 0 aliphatic heterocycles. The van der Waals surface area contributed by atoms with Gasteiger partial charge in [-0.1, -0.05) is 43.2 Å². The highest BCUT2D eigenvalue weighted by Gasteiger charge is 2.10. The van der Waals surface area contributed by atoms with Crippen molar-refractivity contribution in [1.82, 2.24) is 14.9 Å². The third kappa shape index (κ3) is 6.34. The number of benzene rings is 2. The van der Waals surface area contributed by atoms with E-state index in [0.717, 1.165) is 62.3 Å². The predicted molar refractivity (Wildman–Crippen MR) is 122 cm³/mol. The standard InChI is InChI=1S/C25H33N3O2/c1-3-25(29)26-17-8-4-5-12-24-27-22-10-6-7-11-23(22)28(24)18-9-19-30-21-15-13-20(2)14-16-21/h6-7,10-11,13-16H,3-5,8-9,12,17-19H2,1-2H3,(H,26,29). The average Bonchev–Trinajstić information content (AvgIpc) is 3.12. The molecule has 0 spiro atoms. The van der Waals surface area contributed by atoms with Gasteiger partial charge >= 0.3 is 0 Å². The fourth-order valence-corrected chi connectivity index (χ4v) is 3.55. The topological polar surface area (TPSA) is 56.2 Å². The van der Waals surface area contributed by atoms with E-state index in [0.29, 0.717) is 13.0 Å². The lowest BCUT2D eigenvalue weighted by atomic mass is 10.2. The van der Waals surface area contributed by atoms with Gasteiger partial charge in [-0.05, 0) is 50.5 Å². The van der Waals surface area contributed by atoms with Gasteiger partial charge in [-0.15, -0.1) is 0 Å². The van der Waals surface area contributed by atoms with Crippen LogP contribution in [0.4, 0.5) is 0 Å². The summed E-state index contributed by atoms with van der Waals surface area (Å²) in [5.41, 5.74) is 3.49. The number of nitrogens with zero attached hydrogens (tertiary/aromatic N) is 2. The number of rotatable bonds is 12. The molecule has 0 aliphatic carbocycles. The highest BCUT2D eigenvalue weighted by atomic mass is 16.5. The minimum Gasteiger partial charge on any atom is -0.494 e. The van der Waals surface area contributed by atoms with Crippen LogP contribution in [0.15, 0.2) is 48.5 Å². The van der Waals surface area contributed by atoms with Crippen LogP contribution in [-0.2, 0) is 17.8 Å². The van der Waals surface area contributed by atoms with E-state index in [2.05, 4.69) is 47.1 Å². The Hall–Kier alpha value is -2.82. The van der Waals surface area contributed by atoms with Gasteiger partial charge in [-0.25, -0.2) is 4.98 Å². The second-order valence-electron chi connectivity index (χ2n) is 7.70. The molecule has 0 bridgehead atoms. The Morgan fingerprint density at radius 1 is 1.03 bits per heavy atom. The lowest BCUT2D eigenvalue weighted by Crippen LogP contribution is -2.23. The van der Waals surface area contributed by atoms with Crippen LogP contribution in [0.1, 0.15) is 50.4 Å². The molecule has 1 N–H and O–H groups in total. The number of carbonyl (C=O) groups is 1. The summed E-state index contributed by atoms with van der Waals surface area (Å²) in [5, 5.41) is 2.94. The fraction of sp³-hybridized carbons (Fsp3) is 0.440. The minimum absolute atomic E-state index is 0.129. The molecule has 3 aromatic rings. The summed E-state index contributed by atoms with van der Waals surface area (Å²) in [6.07, 6.45) is 5.61. The van der Waals surface area contributed by atoms with Crippen molar-refractivity contribution in [2.45, 2.75) is 58.9 Å². The number of nitrogens with one attached hydrogen (secondary N) is 1. The van der Waals surface area contributed by atoms with Gasteiger partial charge in [0.2, 0.25) is 5.91 Å². The molecular weight excluding hydrogens is 374 g/mol. The Balaban J connectivity index is 1.51. The van der Waals surface area contributed by atoms with E-state index in [1.54, 1.807) is 0 Å². The van der Waals surface area contributed by atoms with Gasteiger partial charge in [-0.2, -0.15) is 0 Å². The first-order valence-corrected chi connectivity index (χ1v) is 11.1. The summed E-state index contributed by atoms with van der Waals surface area (Å²) >= 11 is 0. The van der Waals surface area contributed by atoms with E-state index >= 15 is 0 Å². The lowest BCUT2D eigenvalue weighted by molar-refractivity contribution is -0.120. The molecular formula is C25H33N3O2. The van der Waals surface area contributed by atoms with Crippen LogP contribution in [-0.4, -0.2) is 28.6 Å². The van der Waals surface area contributed by atoms with Gasteiger partial charge < -0.3 is 14.6 Å². The molecule has 3 rings (SSSR count). The Bertz CT molecular complexity index is 931. The van der Waals surface area contributed by atoms with Crippen LogP contribution in [0, 0.1) is 6.92 Å². The summed E-state index contributed by atoms with van der Waals surface area (Å²) in [7, 11) is 0. The van der Waals surface area contributed by atoms with E-state index in [-0.39, 0.29) is 5.91 Å². The monoisotopic (exact) mass is 407 g/mol. The van der Waals surface area contributed by atoms with E-state index in [1.165, 1.54) is 11.1 Å². The van der Waals surface area contributed by atoms with Gasteiger partial charge in [0.15, 0.2) is 0 Å². The maximum Gasteiger partial charge on any atom is 0.219 e. The molecule has 5 heteroatoms. The maximum atomic E-state index is 11.3. The van der Waals surface area contributed by atoms with E-state index in [9.17, 15) is 4.79 Å².